The van der Waals surface area contributed by atoms with E-state index < -0.39 is 5.91 Å². The molecule has 38 heavy (non-hydrogen) atoms. The van der Waals surface area contributed by atoms with E-state index in [1.165, 1.54) is 12.1 Å². The number of aromatic hydroxyl groups is 1. The van der Waals surface area contributed by atoms with Crippen molar-refractivity contribution in [3.05, 3.63) is 64.0 Å². The van der Waals surface area contributed by atoms with Crippen LogP contribution >= 0.6 is 0 Å². The third kappa shape index (κ3) is 7.11. The number of ether oxygens (including phenoxy) is 1. The van der Waals surface area contributed by atoms with E-state index in [0.717, 1.165) is 24.6 Å². The van der Waals surface area contributed by atoms with Gasteiger partial charge in [0.25, 0.3) is 5.91 Å². The minimum absolute atomic E-state index is 0.00770. The number of morpholine rings is 1. The number of amides is 2. The number of hydrogen-bond acceptors (Lipinski definition) is 8. The number of benzene rings is 2. The van der Waals surface area contributed by atoms with E-state index in [2.05, 4.69) is 20.9 Å². The van der Waals surface area contributed by atoms with Crippen LogP contribution in [0.3, 0.4) is 0 Å². The first-order chi connectivity index (χ1) is 18.4. The number of carbonyl (C=O) groups excluding carboxylic acids is 2. The largest absolute Gasteiger partial charge is 0.507 e. The summed E-state index contributed by atoms with van der Waals surface area (Å²) in [7, 11) is 0. The molecule has 4 rings (SSSR count). The number of unbranched alkanes of at least 4 members (excludes halogenated alkanes) is 1. The van der Waals surface area contributed by atoms with E-state index in [1.807, 2.05) is 19.1 Å². The molecule has 10 heteroatoms. The van der Waals surface area contributed by atoms with Crippen LogP contribution < -0.4 is 21.4 Å². The van der Waals surface area contributed by atoms with Gasteiger partial charge in [-0.05, 0) is 42.8 Å². The van der Waals surface area contributed by atoms with Gasteiger partial charge in [0.15, 0.2) is 11.2 Å². The fourth-order valence-electron chi connectivity index (χ4n) is 4.21. The van der Waals surface area contributed by atoms with Crippen molar-refractivity contribution in [2.75, 3.05) is 50.0 Å². The van der Waals surface area contributed by atoms with Gasteiger partial charge in [-0.15, -0.1) is 0 Å². The predicted molar refractivity (Wildman–Crippen MR) is 146 cm³/mol. The first-order valence-electron chi connectivity index (χ1n) is 13.0. The van der Waals surface area contributed by atoms with Gasteiger partial charge in [0.05, 0.1) is 24.2 Å². The molecular weight excluding hydrogens is 488 g/mol. The maximum atomic E-state index is 12.9. The summed E-state index contributed by atoms with van der Waals surface area (Å²) in [4.78, 5) is 39.5. The molecule has 202 valence electrons. The molecule has 4 N–H and O–H groups in total. The highest BCUT2D eigenvalue weighted by Crippen LogP contribution is 2.28. The van der Waals surface area contributed by atoms with Gasteiger partial charge in [-0.25, -0.2) is 0 Å². The molecule has 0 atom stereocenters. The van der Waals surface area contributed by atoms with Gasteiger partial charge in [-0.2, -0.15) is 0 Å². The van der Waals surface area contributed by atoms with Crippen molar-refractivity contribution in [2.24, 2.45) is 0 Å². The van der Waals surface area contributed by atoms with Crippen LogP contribution in [0.2, 0.25) is 0 Å². The van der Waals surface area contributed by atoms with Crippen molar-refractivity contribution in [1.29, 1.82) is 0 Å². The summed E-state index contributed by atoms with van der Waals surface area (Å²) in [6.07, 6.45) is 2.41. The van der Waals surface area contributed by atoms with Gasteiger partial charge >= 0.3 is 0 Å². The second kappa shape index (κ2) is 13.1. The van der Waals surface area contributed by atoms with Gasteiger partial charge in [0.2, 0.25) is 5.91 Å². The summed E-state index contributed by atoms with van der Waals surface area (Å²) in [5.41, 5.74) is 1.68. The van der Waals surface area contributed by atoms with Crippen LogP contribution in [0.4, 0.5) is 11.4 Å². The molecule has 1 aliphatic rings. The summed E-state index contributed by atoms with van der Waals surface area (Å²) in [5, 5.41) is 19.7. The number of carbonyl (C=O) groups is 2. The lowest BCUT2D eigenvalue weighted by molar-refractivity contribution is -0.121. The molecule has 10 nitrogen and oxygen atoms in total. The Hall–Kier alpha value is -3.89. The number of hydrogen-bond donors (Lipinski definition) is 4. The van der Waals surface area contributed by atoms with Crippen molar-refractivity contribution in [3.8, 4) is 5.75 Å². The SMILES string of the molecule is CCCCC(=O)NCCNc1ccc(NC(=O)c2cc(=O)c3ccc(O)c(CN4CCOCC4)c3o2)cc1. The first-order valence-corrected chi connectivity index (χ1v) is 13.0. The van der Waals surface area contributed by atoms with E-state index >= 15 is 0 Å². The molecule has 1 fully saturated rings. The minimum Gasteiger partial charge on any atom is -0.507 e. The lowest BCUT2D eigenvalue weighted by Crippen LogP contribution is -2.35. The van der Waals surface area contributed by atoms with E-state index in [4.69, 9.17) is 9.15 Å². The molecule has 2 amide bonds. The Morgan fingerprint density at radius 3 is 2.50 bits per heavy atom. The standard InChI is InChI=1S/C28H34N4O6/c1-2-3-4-26(35)30-12-11-29-19-5-7-20(8-6-19)31-28(36)25-17-24(34)21-9-10-23(33)22(27(21)38-25)18-32-13-15-37-16-14-32/h5-10,17,29,33H,2-4,11-16,18H2,1H3,(H,30,35)(H,31,36). The lowest BCUT2D eigenvalue weighted by Gasteiger charge is -2.27. The van der Waals surface area contributed by atoms with Gasteiger partial charge in [0.1, 0.15) is 11.3 Å². The van der Waals surface area contributed by atoms with Crippen molar-refractivity contribution in [3.63, 3.8) is 0 Å². The summed E-state index contributed by atoms with van der Waals surface area (Å²) in [6.45, 7) is 6.08. The number of anilines is 2. The molecule has 1 aromatic heterocycles. The van der Waals surface area contributed by atoms with Crippen LogP contribution in [-0.2, 0) is 16.1 Å². The van der Waals surface area contributed by atoms with E-state index in [9.17, 15) is 19.5 Å². The van der Waals surface area contributed by atoms with Gasteiger partial charge < -0.3 is 30.2 Å². The molecule has 0 bridgehead atoms. The third-order valence-electron chi connectivity index (χ3n) is 6.36. The van der Waals surface area contributed by atoms with Crippen LogP contribution in [0.25, 0.3) is 11.0 Å². The van der Waals surface area contributed by atoms with Crippen LogP contribution in [0.5, 0.6) is 5.75 Å². The quantitative estimate of drug-likeness (QED) is 0.282. The van der Waals surface area contributed by atoms with E-state index in [-0.39, 0.29) is 28.4 Å². The molecule has 2 heterocycles. The molecule has 0 spiro atoms. The summed E-state index contributed by atoms with van der Waals surface area (Å²) >= 11 is 0. The minimum atomic E-state index is -0.569. The Morgan fingerprint density at radius 2 is 1.76 bits per heavy atom. The highest BCUT2D eigenvalue weighted by atomic mass is 16.5. The predicted octanol–water partition coefficient (Wildman–Crippen LogP) is 3.30. The summed E-state index contributed by atoms with van der Waals surface area (Å²) < 4.78 is 11.3. The van der Waals surface area contributed by atoms with Crippen molar-refractivity contribution in [2.45, 2.75) is 32.7 Å². The van der Waals surface area contributed by atoms with Crippen molar-refractivity contribution in [1.82, 2.24) is 10.2 Å². The molecule has 0 saturated carbocycles. The van der Waals surface area contributed by atoms with Gasteiger partial charge in [-0.1, -0.05) is 13.3 Å². The van der Waals surface area contributed by atoms with Gasteiger partial charge in [0, 0.05) is 56.6 Å². The Morgan fingerprint density at radius 1 is 1.03 bits per heavy atom. The number of nitrogens with zero attached hydrogens (tertiary/aromatic N) is 1. The molecule has 0 aliphatic carbocycles. The lowest BCUT2D eigenvalue weighted by atomic mass is 10.1. The van der Waals surface area contributed by atoms with Crippen molar-refractivity contribution < 1.29 is 23.8 Å². The number of phenols is 1. The van der Waals surface area contributed by atoms with Crippen LogP contribution in [-0.4, -0.2) is 61.2 Å². The Kier molecular flexibility index (Phi) is 9.34. The smallest absolute Gasteiger partial charge is 0.291 e. The average Bonchev–Trinajstić information content (AvgIpc) is 2.93. The average molecular weight is 523 g/mol. The molecule has 0 unspecified atom stereocenters. The number of phenolic OH excluding ortho intramolecular Hbond substituents is 1. The van der Waals surface area contributed by atoms with E-state index in [1.54, 1.807) is 12.1 Å². The monoisotopic (exact) mass is 522 g/mol. The summed E-state index contributed by atoms with van der Waals surface area (Å²) in [6, 6.07) is 11.2. The second-order valence-corrected chi connectivity index (χ2v) is 9.22. The van der Waals surface area contributed by atoms with Crippen molar-refractivity contribution >= 4 is 34.2 Å². The molecule has 0 radical (unpaired) electrons. The van der Waals surface area contributed by atoms with Crippen LogP contribution in [0, 0.1) is 0 Å². The molecule has 3 aromatic rings. The fraction of sp³-hybridized carbons (Fsp3) is 0.393. The maximum absolute atomic E-state index is 12.9. The zero-order valence-electron chi connectivity index (χ0n) is 21.5. The van der Waals surface area contributed by atoms with Gasteiger partial charge in [-0.3, -0.25) is 19.3 Å². The molecule has 1 saturated heterocycles. The Labute approximate surface area is 221 Å². The van der Waals surface area contributed by atoms with Crippen LogP contribution in [0.1, 0.15) is 42.3 Å². The van der Waals surface area contributed by atoms with E-state index in [0.29, 0.717) is 69.0 Å². The second-order valence-electron chi connectivity index (χ2n) is 9.22. The number of nitrogens with one attached hydrogen (secondary N) is 3. The molecular formula is C28H34N4O6. The molecule has 1 aliphatic heterocycles. The number of fused-ring (bicyclic) bond motifs is 1. The molecule has 2 aromatic carbocycles. The highest BCUT2D eigenvalue weighted by molar-refractivity contribution is 6.03. The normalized spacial score (nSPS) is 13.8. The topological polar surface area (TPSA) is 133 Å². The Balaban J connectivity index is 1.40. The highest BCUT2D eigenvalue weighted by Gasteiger charge is 2.20. The number of rotatable bonds is 11. The fourth-order valence-corrected chi connectivity index (χ4v) is 4.21. The van der Waals surface area contributed by atoms with Crippen LogP contribution in [0.15, 0.2) is 51.7 Å². The summed E-state index contributed by atoms with van der Waals surface area (Å²) in [5.74, 6) is -0.652. The maximum Gasteiger partial charge on any atom is 0.291 e. The zero-order chi connectivity index (χ0) is 26.9. The zero-order valence-corrected chi connectivity index (χ0v) is 21.5. The first kappa shape index (κ1) is 27.2. The Bertz CT molecular complexity index is 1320. The third-order valence-corrected chi connectivity index (χ3v) is 6.36.